The molecule has 2 aromatic rings. The van der Waals surface area contributed by atoms with Crippen LogP contribution in [0, 0.1) is 0 Å². The standard InChI is InChI=1S/C17H20ClNO2S/c1-3-11-6-4-5-9-19(11)17(20)16-15(18)13-10-12(21-2)7-8-14(13)22-16/h7-8,10-11H,3-6,9H2,1-2H3/t11-/m1/s1. The number of thiophene rings is 1. The Morgan fingerprint density at radius 1 is 1.45 bits per heavy atom. The first kappa shape index (κ1) is 15.6. The molecule has 1 fully saturated rings. The Bertz CT molecular complexity index is 697. The molecule has 3 nitrogen and oxygen atoms in total. The zero-order chi connectivity index (χ0) is 15.7. The van der Waals surface area contributed by atoms with Crippen molar-refractivity contribution in [3.8, 4) is 5.75 Å². The van der Waals surface area contributed by atoms with Gasteiger partial charge < -0.3 is 9.64 Å². The van der Waals surface area contributed by atoms with E-state index < -0.39 is 0 Å². The molecule has 118 valence electrons. The molecule has 1 atom stereocenters. The minimum atomic E-state index is 0.0803. The van der Waals surface area contributed by atoms with Crippen LogP contribution in [0.2, 0.25) is 5.02 Å². The molecule has 0 spiro atoms. The molecule has 1 aliphatic rings. The lowest BCUT2D eigenvalue weighted by Crippen LogP contribution is -2.43. The van der Waals surface area contributed by atoms with E-state index in [0.29, 0.717) is 15.9 Å². The predicted molar refractivity (Wildman–Crippen MR) is 92.4 cm³/mol. The van der Waals surface area contributed by atoms with E-state index in [9.17, 15) is 4.79 Å². The number of hydrogen-bond acceptors (Lipinski definition) is 3. The average molecular weight is 338 g/mol. The van der Waals surface area contributed by atoms with Crippen molar-refractivity contribution < 1.29 is 9.53 Å². The highest BCUT2D eigenvalue weighted by Crippen LogP contribution is 2.38. The number of benzene rings is 1. The minimum absolute atomic E-state index is 0.0803. The van der Waals surface area contributed by atoms with Gasteiger partial charge >= 0.3 is 0 Å². The number of nitrogens with zero attached hydrogens (tertiary/aromatic N) is 1. The topological polar surface area (TPSA) is 29.5 Å². The normalized spacial score (nSPS) is 18.7. The minimum Gasteiger partial charge on any atom is -0.497 e. The third kappa shape index (κ3) is 2.70. The number of likely N-dealkylation sites (tertiary alicyclic amines) is 1. The Morgan fingerprint density at radius 2 is 2.27 bits per heavy atom. The van der Waals surface area contributed by atoms with Crippen LogP contribution in [-0.2, 0) is 0 Å². The van der Waals surface area contributed by atoms with Crippen molar-refractivity contribution in [2.24, 2.45) is 0 Å². The molecule has 0 N–H and O–H groups in total. The van der Waals surface area contributed by atoms with Crippen molar-refractivity contribution in [1.29, 1.82) is 0 Å². The molecule has 1 aromatic heterocycles. The molecule has 5 heteroatoms. The molecular formula is C17H20ClNO2S. The number of halogens is 1. The molecule has 2 heterocycles. The van der Waals surface area contributed by atoms with Crippen LogP contribution in [0.3, 0.4) is 0 Å². The summed E-state index contributed by atoms with van der Waals surface area (Å²) in [7, 11) is 1.63. The SMILES string of the molecule is CC[C@@H]1CCCCN1C(=O)c1sc2ccc(OC)cc2c1Cl. The molecule has 1 aliphatic heterocycles. The third-order valence-electron chi connectivity index (χ3n) is 4.39. The van der Waals surface area contributed by atoms with Gasteiger partial charge in [-0.1, -0.05) is 18.5 Å². The fourth-order valence-corrected chi connectivity index (χ4v) is 4.57. The molecule has 0 aliphatic carbocycles. The predicted octanol–water partition coefficient (Wildman–Crippen LogP) is 4.97. The summed E-state index contributed by atoms with van der Waals surface area (Å²) >= 11 is 7.98. The van der Waals surface area contributed by atoms with E-state index >= 15 is 0 Å². The highest BCUT2D eigenvalue weighted by atomic mass is 35.5. The largest absolute Gasteiger partial charge is 0.497 e. The summed E-state index contributed by atoms with van der Waals surface area (Å²) in [6.07, 6.45) is 4.39. The highest BCUT2D eigenvalue weighted by molar-refractivity contribution is 7.21. The maximum Gasteiger partial charge on any atom is 0.265 e. The summed E-state index contributed by atoms with van der Waals surface area (Å²) in [4.78, 5) is 15.6. The van der Waals surface area contributed by atoms with Crippen LogP contribution in [0.5, 0.6) is 5.75 Å². The van der Waals surface area contributed by atoms with E-state index in [2.05, 4.69) is 6.92 Å². The molecular weight excluding hydrogens is 318 g/mol. The monoisotopic (exact) mass is 337 g/mol. The number of carbonyl (C=O) groups excluding carboxylic acids is 1. The van der Waals surface area contributed by atoms with Crippen LogP contribution in [0.15, 0.2) is 18.2 Å². The van der Waals surface area contributed by atoms with Crippen molar-refractivity contribution in [2.75, 3.05) is 13.7 Å². The second kappa shape index (κ2) is 6.47. The summed E-state index contributed by atoms with van der Waals surface area (Å²) in [6, 6.07) is 6.11. The summed E-state index contributed by atoms with van der Waals surface area (Å²) in [5.74, 6) is 0.840. The van der Waals surface area contributed by atoms with Gasteiger partial charge in [-0.2, -0.15) is 0 Å². The lowest BCUT2D eigenvalue weighted by molar-refractivity contribution is 0.0613. The molecule has 22 heavy (non-hydrogen) atoms. The molecule has 1 aromatic carbocycles. The van der Waals surface area contributed by atoms with Gasteiger partial charge in [0.05, 0.1) is 12.1 Å². The van der Waals surface area contributed by atoms with Crippen LogP contribution < -0.4 is 4.74 Å². The van der Waals surface area contributed by atoms with E-state index in [0.717, 1.165) is 41.6 Å². The van der Waals surface area contributed by atoms with Crippen LogP contribution in [0.25, 0.3) is 10.1 Å². The van der Waals surface area contributed by atoms with Crippen LogP contribution in [-0.4, -0.2) is 30.5 Å². The Morgan fingerprint density at radius 3 is 3.00 bits per heavy atom. The Kier molecular flexibility index (Phi) is 4.59. The average Bonchev–Trinajstić information content (AvgIpc) is 2.90. The van der Waals surface area contributed by atoms with E-state index in [4.69, 9.17) is 16.3 Å². The van der Waals surface area contributed by atoms with Gasteiger partial charge in [0.25, 0.3) is 5.91 Å². The highest BCUT2D eigenvalue weighted by Gasteiger charge is 2.29. The van der Waals surface area contributed by atoms with Gasteiger partial charge in [-0.15, -0.1) is 11.3 Å². The second-order valence-corrected chi connectivity index (χ2v) is 7.09. The number of fused-ring (bicyclic) bond motifs is 1. The van der Waals surface area contributed by atoms with Crippen molar-refractivity contribution in [3.63, 3.8) is 0 Å². The zero-order valence-corrected chi connectivity index (χ0v) is 14.5. The number of ether oxygens (including phenoxy) is 1. The summed E-state index contributed by atoms with van der Waals surface area (Å²) in [6.45, 7) is 2.99. The summed E-state index contributed by atoms with van der Waals surface area (Å²) in [5, 5.41) is 1.46. The molecule has 1 saturated heterocycles. The van der Waals surface area contributed by atoms with Crippen LogP contribution >= 0.6 is 22.9 Å². The fourth-order valence-electron chi connectivity index (χ4n) is 3.13. The molecule has 0 radical (unpaired) electrons. The van der Waals surface area contributed by atoms with E-state index in [-0.39, 0.29) is 5.91 Å². The Labute approximate surface area is 139 Å². The number of hydrogen-bond donors (Lipinski definition) is 0. The molecule has 0 bridgehead atoms. The summed E-state index contributed by atoms with van der Waals surface area (Å²) < 4.78 is 6.28. The molecule has 0 unspecified atom stereocenters. The van der Waals surface area contributed by atoms with Gasteiger partial charge in [-0.25, -0.2) is 0 Å². The van der Waals surface area contributed by atoms with Crippen molar-refractivity contribution in [1.82, 2.24) is 4.90 Å². The number of rotatable bonds is 3. The van der Waals surface area contributed by atoms with E-state index in [1.54, 1.807) is 7.11 Å². The number of piperidine rings is 1. The second-order valence-electron chi connectivity index (χ2n) is 5.66. The quantitative estimate of drug-likeness (QED) is 0.791. The number of amides is 1. The first-order valence-corrected chi connectivity index (χ1v) is 8.92. The molecule has 1 amide bonds. The van der Waals surface area contributed by atoms with Gasteiger partial charge in [0, 0.05) is 22.7 Å². The van der Waals surface area contributed by atoms with Gasteiger partial charge in [0.15, 0.2) is 0 Å². The van der Waals surface area contributed by atoms with Crippen molar-refractivity contribution in [3.05, 3.63) is 28.1 Å². The fraction of sp³-hybridized carbons (Fsp3) is 0.471. The van der Waals surface area contributed by atoms with Crippen LogP contribution in [0.4, 0.5) is 0 Å². The van der Waals surface area contributed by atoms with Gasteiger partial charge in [0.2, 0.25) is 0 Å². The van der Waals surface area contributed by atoms with Crippen molar-refractivity contribution in [2.45, 2.75) is 38.6 Å². The van der Waals surface area contributed by atoms with Gasteiger partial charge in [-0.3, -0.25) is 4.79 Å². The first-order chi connectivity index (χ1) is 10.7. The molecule has 3 rings (SSSR count). The third-order valence-corrected chi connectivity index (χ3v) is 6.05. The smallest absolute Gasteiger partial charge is 0.265 e. The lowest BCUT2D eigenvalue weighted by Gasteiger charge is -2.35. The first-order valence-electron chi connectivity index (χ1n) is 7.72. The zero-order valence-electron chi connectivity index (χ0n) is 12.9. The van der Waals surface area contributed by atoms with Gasteiger partial charge in [0.1, 0.15) is 10.6 Å². The summed E-state index contributed by atoms with van der Waals surface area (Å²) in [5.41, 5.74) is 0. The maximum absolute atomic E-state index is 12.9. The van der Waals surface area contributed by atoms with E-state index in [1.165, 1.54) is 17.8 Å². The Balaban J connectivity index is 1.98. The number of methoxy groups -OCH3 is 1. The van der Waals surface area contributed by atoms with E-state index in [1.807, 2.05) is 23.1 Å². The number of carbonyl (C=O) groups is 1. The Hall–Kier alpha value is -1.26. The lowest BCUT2D eigenvalue weighted by atomic mass is 10.00. The van der Waals surface area contributed by atoms with Crippen LogP contribution in [0.1, 0.15) is 42.3 Å². The molecule has 0 saturated carbocycles. The van der Waals surface area contributed by atoms with Crippen molar-refractivity contribution >= 4 is 38.9 Å². The van der Waals surface area contributed by atoms with Gasteiger partial charge in [-0.05, 0) is 43.9 Å². The maximum atomic E-state index is 12.9.